The monoisotopic (exact) mass is 1130 g/mol. The minimum atomic E-state index is -0.796. The number of unbranched alkanes of at least 4 members (excludes halogenated alkanes) is 28. The predicted molar refractivity (Wildman–Crippen MR) is 357 cm³/mol. The fourth-order valence-electron chi connectivity index (χ4n) is 9.25. The van der Waals surface area contributed by atoms with Crippen molar-refractivity contribution < 1.29 is 28.6 Å². The Balaban J connectivity index is 4.32. The first-order chi connectivity index (χ1) is 40.5. The molecule has 82 heavy (non-hydrogen) atoms. The molecule has 0 amide bonds. The molecule has 0 bridgehead atoms. The molecule has 0 fully saturated rings. The Morgan fingerprint density at radius 3 is 0.780 bits per heavy atom. The summed E-state index contributed by atoms with van der Waals surface area (Å²) < 4.78 is 16.9. The summed E-state index contributed by atoms with van der Waals surface area (Å²) in [5.41, 5.74) is 0. The molecule has 466 valence electrons. The summed E-state index contributed by atoms with van der Waals surface area (Å²) in [7, 11) is 0. The SMILES string of the molecule is CC/C=C\C/C=C\C/C=C\C/C=C\C/C=C\C/C=C\C/C=C\C/C=C\CCCCCCCCCCC(=O)OCC(COC(=O)CCCCCCC/C=C\C/C=C\CCCCC)OC(=O)CCCCCCC/C=C\CCCCCCCCC. The maximum Gasteiger partial charge on any atom is 0.306 e. The zero-order valence-electron chi connectivity index (χ0n) is 53.5. The quantitative estimate of drug-likeness (QED) is 0.0261. The van der Waals surface area contributed by atoms with Crippen molar-refractivity contribution in [3.63, 3.8) is 0 Å². The summed E-state index contributed by atoms with van der Waals surface area (Å²) in [6.07, 6.45) is 97.5. The van der Waals surface area contributed by atoms with Crippen molar-refractivity contribution >= 4 is 17.9 Å². The Labute approximate surface area is 506 Å². The molecule has 0 aliphatic carbocycles. The molecule has 6 nitrogen and oxygen atoms in total. The molecule has 6 heteroatoms. The number of carbonyl (C=O) groups excluding carboxylic acids is 3. The van der Waals surface area contributed by atoms with E-state index in [-0.39, 0.29) is 31.1 Å². The van der Waals surface area contributed by atoms with Gasteiger partial charge in [-0.1, -0.05) is 283 Å². The smallest absolute Gasteiger partial charge is 0.306 e. The first kappa shape index (κ1) is 77.5. The van der Waals surface area contributed by atoms with Crippen molar-refractivity contribution in [2.45, 2.75) is 316 Å². The van der Waals surface area contributed by atoms with Crippen molar-refractivity contribution in [1.29, 1.82) is 0 Å². The summed E-state index contributed by atoms with van der Waals surface area (Å²) in [6.45, 7) is 6.49. The molecular formula is C76H126O6. The van der Waals surface area contributed by atoms with Gasteiger partial charge in [0.1, 0.15) is 13.2 Å². The average Bonchev–Trinajstić information content (AvgIpc) is 3.47. The highest BCUT2D eigenvalue weighted by Gasteiger charge is 2.19. The fourth-order valence-corrected chi connectivity index (χ4v) is 9.25. The third-order valence-corrected chi connectivity index (χ3v) is 14.4. The molecule has 0 heterocycles. The standard InChI is InChI=1S/C76H126O6/c1-4-7-10-13-16-19-22-25-28-30-31-32-33-34-35-36-37-38-39-40-41-42-43-44-45-46-49-51-54-57-60-63-66-69-75(78)81-72-73(71-80-74(77)68-65-62-59-56-53-50-47-27-24-21-18-15-12-9-6-3)82-76(79)70-67-64-61-58-55-52-48-29-26-23-20-17-14-11-8-5-2/h7,10,16,18-19,21,25,27-29,31-32,34-35,37-38,40-41,43-44,47-48,73H,4-6,8-9,11-15,17,20,22-24,26,30,33,36,39,42,45-46,49-72H2,1-3H3/b10-7-,19-16-,21-18-,28-25-,32-31-,35-34-,38-37-,41-40-,44-43-,47-27-,48-29-. The second kappa shape index (κ2) is 69.0. The van der Waals surface area contributed by atoms with E-state index in [2.05, 4.69) is 154 Å². The van der Waals surface area contributed by atoms with E-state index in [1.54, 1.807) is 0 Å². The Morgan fingerprint density at radius 1 is 0.256 bits per heavy atom. The van der Waals surface area contributed by atoms with E-state index in [4.69, 9.17) is 14.2 Å². The van der Waals surface area contributed by atoms with Crippen molar-refractivity contribution in [2.24, 2.45) is 0 Å². The summed E-state index contributed by atoms with van der Waals surface area (Å²) >= 11 is 0. The van der Waals surface area contributed by atoms with Gasteiger partial charge in [0.15, 0.2) is 6.10 Å². The van der Waals surface area contributed by atoms with Gasteiger partial charge in [-0.15, -0.1) is 0 Å². The molecule has 1 atom stereocenters. The van der Waals surface area contributed by atoms with Gasteiger partial charge >= 0.3 is 17.9 Å². The van der Waals surface area contributed by atoms with E-state index in [0.717, 1.165) is 154 Å². The van der Waals surface area contributed by atoms with E-state index >= 15 is 0 Å². The van der Waals surface area contributed by atoms with Crippen LogP contribution in [0.5, 0.6) is 0 Å². The zero-order chi connectivity index (χ0) is 59.2. The number of rotatable bonds is 61. The molecule has 0 spiro atoms. The maximum atomic E-state index is 12.9. The van der Waals surface area contributed by atoms with Crippen LogP contribution in [-0.2, 0) is 28.6 Å². The van der Waals surface area contributed by atoms with Crippen LogP contribution in [0.1, 0.15) is 310 Å². The average molecular weight is 1140 g/mol. The Hall–Kier alpha value is -4.45. The van der Waals surface area contributed by atoms with Gasteiger partial charge in [-0.3, -0.25) is 14.4 Å². The van der Waals surface area contributed by atoms with Gasteiger partial charge in [0.25, 0.3) is 0 Å². The van der Waals surface area contributed by atoms with Crippen molar-refractivity contribution in [3.8, 4) is 0 Å². The predicted octanol–water partition coefficient (Wildman–Crippen LogP) is 23.7. The maximum absolute atomic E-state index is 12.9. The molecule has 0 aromatic carbocycles. The minimum Gasteiger partial charge on any atom is -0.462 e. The number of hydrogen-bond donors (Lipinski definition) is 0. The van der Waals surface area contributed by atoms with E-state index in [9.17, 15) is 14.4 Å². The van der Waals surface area contributed by atoms with Gasteiger partial charge in [0, 0.05) is 19.3 Å². The van der Waals surface area contributed by atoms with Gasteiger partial charge in [0.05, 0.1) is 0 Å². The molecule has 0 saturated heterocycles. The van der Waals surface area contributed by atoms with Gasteiger partial charge < -0.3 is 14.2 Å². The van der Waals surface area contributed by atoms with E-state index in [1.807, 2.05) is 0 Å². The van der Waals surface area contributed by atoms with Gasteiger partial charge in [-0.05, 0) is 141 Å². The van der Waals surface area contributed by atoms with Crippen molar-refractivity contribution in [2.75, 3.05) is 13.2 Å². The number of carbonyl (C=O) groups is 3. The van der Waals surface area contributed by atoms with E-state index in [0.29, 0.717) is 19.3 Å². The topological polar surface area (TPSA) is 78.9 Å². The molecule has 0 rings (SSSR count). The van der Waals surface area contributed by atoms with Crippen LogP contribution < -0.4 is 0 Å². The highest BCUT2D eigenvalue weighted by Crippen LogP contribution is 2.15. The highest BCUT2D eigenvalue weighted by molar-refractivity contribution is 5.71. The Bertz CT molecular complexity index is 1730. The number of hydrogen-bond acceptors (Lipinski definition) is 6. The summed E-state index contributed by atoms with van der Waals surface area (Å²) in [5.74, 6) is -0.916. The first-order valence-electron chi connectivity index (χ1n) is 34.2. The number of allylic oxidation sites excluding steroid dienone is 22. The summed E-state index contributed by atoms with van der Waals surface area (Å²) in [4.78, 5) is 38.4. The third-order valence-electron chi connectivity index (χ3n) is 14.4. The van der Waals surface area contributed by atoms with Crippen LogP contribution in [0.4, 0.5) is 0 Å². The third kappa shape index (κ3) is 66.4. The van der Waals surface area contributed by atoms with Crippen LogP contribution in [0.25, 0.3) is 0 Å². The molecule has 0 aliphatic heterocycles. The lowest BCUT2D eigenvalue weighted by Crippen LogP contribution is -2.30. The van der Waals surface area contributed by atoms with Crippen LogP contribution in [0, 0.1) is 0 Å². The lowest BCUT2D eigenvalue weighted by atomic mass is 10.1. The summed E-state index contributed by atoms with van der Waals surface area (Å²) in [5, 5.41) is 0. The molecule has 0 aromatic heterocycles. The normalized spacial score (nSPS) is 13.0. The largest absolute Gasteiger partial charge is 0.462 e. The molecular weight excluding hydrogens is 1010 g/mol. The zero-order valence-corrected chi connectivity index (χ0v) is 53.5. The molecule has 0 saturated carbocycles. The van der Waals surface area contributed by atoms with Crippen LogP contribution >= 0.6 is 0 Å². The second-order valence-corrected chi connectivity index (χ2v) is 22.3. The number of ether oxygens (including phenoxy) is 3. The van der Waals surface area contributed by atoms with E-state index in [1.165, 1.54) is 116 Å². The summed E-state index contributed by atoms with van der Waals surface area (Å²) in [6, 6.07) is 0. The second-order valence-electron chi connectivity index (χ2n) is 22.3. The van der Waals surface area contributed by atoms with Crippen LogP contribution in [-0.4, -0.2) is 37.2 Å². The molecule has 0 radical (unpaired) electrons. The molecule has 0 N–H and O–H groups in total. The van der Waals surface area contributed by atoms with Crippen LogP contribution in [0.3, 0.4) is 0 Å². The number of esters is 3. The molecule has 0 aromatic rings. The fraction of sp³-hybridized carbons (Fsp3) is 0.671. The van der Waals surface area contributed by atoms with E-state index < -0.39 is 6.10 Å². The first-order valence-corrected chi connectivity index (χ1v) is 34.2. The Morgan fingerprint density at radius 2 is 0.476 bits per heavy atom. The highest BCUT2D eigenvalue weighted by atomic mass is 16.6. The van der Waals surface area contributed by atoms with Crippen LogP contribution in [0.15, 0.2) is 134 Å². The lowest BCUT2D eigenvalue weighted by Gasteiger charge is -2.18. The molecule has 1 unspecified atom stereocenters. The molecule has 0 aliphatic rings. The van der Waals surface area contributed by atoms with Gasteiger partial charge in [-0.25, -0.2) is 0 Å². The van der Waals surface area contributed by atoms with Crippen LogP contribution in [0.2, 0.25) is 0 Å². The van der Waals surface area contributed by atoms with Crippen molar-refractivity contribution in [1.82, 2.24) is 0 Å². The Kier molecular flexibility index (Phi) is 65.3. The van der Waals surface area contributed by atoms with Crippen molar-refractivity contribution in [3.05, 3.63) is 134 Å². The van der Waals surface area contributed by atoms with Gasteiger partial charge in [0.2, 0.25) is 0 Å². The minimum absolute atomic E-state index is 0.0923. The van der Waals surface area contributed by atoms with Gasteiger partial charge in [-0.2, -0.15) is 0 Å². The lowest BCUT2D eigenvalue weighted by molar-refractivity contribution is -0.167.